The lowest BCUT2D eigenvalue weighted by Gasteiger charge is -2.10. The molecule has 0 bridgehead atoms. The van der Waals surface area contributed by atoms with E-state index < -0.39 is 0 Å². The molecular weight excluding hydrogens is 136 g/mol. The molecule has 0 amide bonds. The minimum atomic E-state index is 0.514. The van der Waals surface area contributed by atoms with Crippen molar-refractivity contribution < 1.29 is 0 Å². The number of hydrogen-bond acceptors (Lipinski definition) is 2. The van der Waals surface area contributed by atoms with Crippen LogP contribution in [0.25, 0.3) is 0 Å². The van der Waals surface area contributed by atoms with Gasteiger partial charge in [0.25, 0.3) is 0 Å². The van der Waals surface area contributed by atoms with Crippen molar-refractivity contribution in [2.24, 2.45) is 10.9 Å². The summed E-state index contributed by atoms with van der Waals surface area (Å²) in [4.78, 5) is 3.74. The van der Waals surface area contributed by atoms with Gasteiger partial charge in [0.15, 0.2) is 0 Å². The average molecular weight is 152 g/mol. The highest BCUT2D eigenvalue weighted by atomic mass is 14.7. The molecule has 0 aromatic rings. The Bertz CT molecular complexity index is 165. The van der Waals surface area contributed by atoms with Gasteiger partial charge in [0, 0.05) is 5.71 Å². The maximum Gasteiger partial charge on any atom is 0.205 e. The van der Waals surface area contributed by atoms with Gasteiger partial charge in [-0.2, -0.15) is 10.3 Å². The first-order chi connectivity index (χ1) is 5.26. The van der Waals surface area contributed by atoms with Crippen LogP contribution in [0.4, 0.5) is 0 Å². The second-order valence-corrected chi connectivity index (χ2v) is 2.75. The molecule has 11 heavy (non-hydrogen) atoms. The van der Waals surface area contributed by atoms with Gasteiger partial charge in [-0.25, -0.2) is 0 Å². The van der Waals surface area contributed by atoms with Crippen molar-refractivity contribution in [1.29, 1.82) is 5.26 Å². The molecule has 0 radical (unpaired) electrons. The van der Waals surface area contributed by atoms with Crippen molar-refractivity contribution in [3.05, 3.63) is 0 Å². The maximum atomic E-state index is 8.31. The molecule has 0 saturated heterocycles. The van der Waals surface area contributed by atoms with E-state index in [0.717, 1.165) is 25.0 Å². The van der Waals surface area contributed by atoms with E-state index in [2.05, 4.69) is 18.8 Å². The smallest absolute Gasteiger partial charge is 0.183 e. The van der Waals surface area contributed by atoms with Gasteiger partial charge >= 0.3 is 0 Å². The summed E-state index contributed by atoms with van der Waals surface area (Å²) >= 11 is 0. The van der Waals surface area contributed by atoms with E-state index in [1.165, 1.54) is 0 Å². The van der Waals surface area contributed by atoms with Crippen molar-refractivity contribution in [3.8, 4) is 6.19 Å². The van der Waals surface area contributed by atoms with E-state index in [-0.39, 0.29) is 0 Å². The molecule has 0 rings (SSSR count). The highest BCUT2D eigenvalue weighted by Gasteiger charge is 2.07. The Labute approximate surface area is 68.9 Å². The lowest BCUT2D eigenvalue weighted by Crippen LogP contribution is -2.09. The summed E-state index contributed by atoms with van der Waals surface area (Å²) in [6.45, 7) is 6.23. The standard InChI is InChI=1S/C9H16N2/c1-4-6-9(5-2)8(3)11-7-10/h9H,4-6H2,1-3H3/b11-8+. The molecule has 1 atom stereocenters. The van der Waals surface area contributed by atoms with Crippen LogP contribution in [0.3, 0.4) is 0 Å². The predicted molar refractivity (Wildman–Crippen MR) is 47.4 cm³/mol. The molecule has 2 nitrogen and oxygen atoms in total. The van der Waals surface area contributed by atoms with Crippen molar-refractivity contribution in [3.63, 3.8) is 0 Å². The van der Waals surface area contributed by atoms with Crippen LogP contribution in [0.2, 0.25) is 0 Å². The minimum absolute atomic E-state index is 0.514. The molecule has 0 N–H and O–H groups in total. The summed E-state index contributed by atoms with van der Waals surface area (Å²) in [7, 11) is 0. The van der Waals surface area contributed by atoms with Gasteiger partial charge in [0.2, 0.25) is 6.19 Å². The highest BCUT2D eigenvalue weighted by Crippen LogP contribution is 2.12. The maximum absolute atomic E-state index is 8.31. The lowest BCUT2D eigenvalue weighted by molar-refractivity contribution is 0.593. The molecule has 0 heterocycles. The van der Waals surface area contributed by atoms with Gasteiger partial charge in [0.05, 0.1) is 0 Å². The molecule has 0 fully saturated rings. The van der Waals surface area contributed by atoms with Crippen LogP contribution in [0.15, 0.2) is 4.99 Å². The molecule has 0 aromatic heterocycles. The molecule has 0 saturated carbocycles. The zero-order chi connectivity index (χ0) is 8.69. The van der Waals surface area contributed by atoms with Crippen molar-refractivity contribution >= 4 is 5.71 Å². The van der Waals surface area contributed by atoms with Crippen LogP contribution in [-0.2, 0) is 0 Å². The van der Waals surface area contributed by atoms with Crippen LogP contribution in [0.1, 0.15) is 40.0 Å². The summed E-state index contributed by atoms with van der Waals surface area (Å²) in [5.74, 6) is 0.514. The fraction of sp³-hybridized carbons (Fsp3) is 0.778. The molecule has 0 aliphatic carbocycles. The third-order valence-corrected chi connectivity index (χ3v) is 1.95. The molecule has 0 aliphatic heterocycles. The van der Waals surface area contributed by atoms with E-state index in [0.29, 0.717) is 5.92 Å². The summed E-state index contributed by atoms with van der Waals surface area (Å²) in [6.07, 6.45) is 5.23. The van der Waals surface area contributed by atoms with Gasteiger partial charge in [-0.15, -0.1) is 0 Å². The van der Waals surface area contributed by atoms with Gasteiger partial charge in [-0.1, -0.05) is 20.3 Å². The van der Waals surface area contributed by atoms with Crippen LogP contribution >= 0.6 is 0 Å². The quantitative estimate of drug-likeness (QED) is 0.450. The van der Waals surface area contributed by atoms with Crippen LogP contribution in [0.5, 0.6) is 0 Å². The molecule has 2 heteroatoms. The fourth-order valence-electron chi connectivity index (χ4n) is 1.23. The first kappa shape index (κ1) is 10.2. The molecular formula is C9H16N2. The van der Waals surface area contributed by atoms with E-state index in [1.807, 2.05) is 13.1 Å². The predicted octanol–water partition coefficient (Wildman–Crippen LogP) is 2.75. The third kappa shape index (κ3) is 3.77. The second kappa shape index (κ2) is 5.91. The highest BCUT2D eigenvalue weighted by molar-refractivity contribution is 5.85. The monoisotopic (exact) mass is 152 g/mol. The zero-order valence-corrected chi connectivity index (χ0v) is 7.59. The Kier molecular flexibility index (Phi) is 5.46. The Morgan fingerprint density at radius 3 is 2.55 bits per heavy atom. The average Bonchev–Trinajstić information content (AvgIpc) is 2.00. The SMILES string of the molecule is CCCC(CC)/C(C)=N/C#N. The summed E-state index contributed by atoms with van der Waals surface area (Å²) < 4.78 is 0. The Hall–Kier alpha value is -0.840. The van der Waals surface area contributed by atoms with E-state index in [9.17, 15) is 0 Å². The van der Waals surface area contributed by atoms with Gasteiger partial charge in [0.1, 0.15) is 0 Å². The largest absolute Gasteiger partial charge is 0.205 e. The molecule has 0 spiro atoms. The fourth-order valence-corrected chi connectivity index (χ4v) is 1.23. The second-order valence-electron chi connectivity index (χ2n) is 2.75. The molecule has 62 valence electrons. The van der Waals surface area contributed by atoms with E-state index in [4.69, 9.17) is 5.26 Å². The summed E-state index contributed by atoms with van der Waals surface area (Å²) in [5.41, 5.74) is 0.983. The van der Waals surface area contributed by atoms with Crippen LogP contribution in [0, 0.1) is 17.4 Å². The number of rotatable bonds is 4. The first-order valence-corrected chi connectivity index (χ1v) is 4.19. The van der Waals surface area contributed by atoms with Gasteiger partial charge in [-0.05, 0) is 25.7 Å². The first-order valence-electron chi connectivity index (χ1n) is 4.19. The third-order valence-electron chi connectivity index (χ3n) is 1.95. The van der Waals surface area contributed by atoms with Gasteiger partial charge in [-0.3, -0.25) is 0 Å². The van der Waals surface area contributed by atoms with Crippen molar-refractivity contribution in [1.82, 2.24) is 0 Å². The number of nitrogens with zero attached hydrogens (tertiary/aromatic N) is 2. The number of nitriles is 1. The van der Waals surface area contributed by atoms with Crippen LogP contribution in [-0.4, -0.2) is 5.71 Å². The van der Waals surface area contributed by atoms with Gasteiger partial charge < -0.3 is 0 Å². The Balaban J connectivity index is 4.04. The molecule has 0 aromatic carbocycles. The normalized spacial score (nSPS) is 14.2. The number of aliphatic imine (C=N–C) groups is 1. The minimum Gasteiger partial charge on any atom is -0.183 e. The van der Waals surface area contributed by atoms with E-state index in [1.54, 1.807) is 0 Å². The molecule has 1 unspecified atom stereocenters. The summed E-state index contributed by atoms with van der Waals surface area (Å²) in [5, 5.41) is 8.31. The van der Waals surface area contributed by atoms with Crippen molar-refractivity contribution in [2.75, 3.05) is 0 Å². The number of hydrogen-bond donors (Lipinski definition) is 0. The van der Waals surface area contributed by atoms with Crippen molar-refractivity contribution in [2.45, 2.75) is 40.0 Å². The Morgan fingerprint density at radius 1 is 1.55 bits per heavy atom. The van der Waals surface area contributed by atoms with Crippen LogP contribution < -0.4 is 0 Å². The lowest BCUT2D eigenvalue weighted by atomic mass is 9.96. The summed E-state index contributed by atoms with van der Waals surface area (Å²) in [6, 6.07) is 0. The molecule has 0 aliphatic rings. The van der Waals surface area contributed by atoms with E-state index >= 15 is 0 Å². The zero-order valence-electron chi connectivity index (χ0n) is 7.59. The topological polar surface area (TPSA) is 36.1 Å². The Morgan fingerprint density at radius 2 is 2.18 bits per heavy atom.